The molecule has 2 unspecified atom stereocenters. The quantitative estimate of drug-likeness (QED) is 0.0281. The third-order valence-corrected chi connectivity index (χ3v) is 18.9. The number of fused-ring (bicyclic) bond motifs is 1. The molecule has 0 saturated carbocycles. The van der Waals surface area contributed by atoms with Crippen molar-refractivity contribution in [2.45, 2.75) is 106 Å². The lowest BCUT2D eigenvalue weighted by Gasteiger charge is -2.34. The van der Waals surface area contributed by atoms with Gasteiger partial charge in [-0.1, -0.05) is 48.6 Å². The van der Waals surface area contributed by atoms with E-state index < -0.39 is 54.5 Å². The van der Waals surface area contributed by atoms with Crippen LogP contribution in [0.2, 0.25) is 0 Å². The van der Waals surface area contributed by atoms with E-state index in [2.05, 4.69) is 56.0 Å². The number of carboxylic acid groups (broad SMARTS) is 1. The minimum atomic E-state index is -3.10. The first-order valence-corrected chi connectivity index (χ1v) is 34.0. The van der Waals surface area contributed by atoms with E-state index in [4.69, 9.17) is 20.6 Å². The average molecular weight is 1360 g/mol. The minimum absolute atomic E-state index is 0.00210. The van der Waals surface area contributed by atoms with Crippen LogP contribution in [-0.2, 0) is 59.0 Å². The van der Waals surface area contributed by atoms with Gasteiger partial charge >= 0.3 is 5.97 Å². The van der Waals surface area contributed by atoms with E-state index in [1.807, 2.05) is 21.6 Å². The maximum atomic E-state index is 14.0. The first-order valence-electron chi connectivity index (χ1n) is 33.0. The number of carbonyl (C=O) groups is 10. The van der Waals surface area contributed by atoms with Gasteiger partial charge in [0.25, 0.3) is 24.8 Å². The molecule has 3 aromatic rings. The highest BCUT2D eigenvalue weighted by Gasteiger charge is 2.46. The van der Waals surface area contributed by atoms with Crippen LogP contribution in [0.25, 0.3) is 10.9 Å². The van der Waals surface area contributed by atoms with Crippen LogP contribution in [-0.4, -0.2) is 283 Å². The van der Waals surface area contributed by atoms with Crippen LogP contribution in [0.3, 0.4) is 0 Å². The van der Waals surface area contributed by atoms with Crippen LogP contribution in [0, 0.1) is 19.3 Å². The summed E-state index contributed by atoms with van der Waals surface area (Å²) in [5, 5.41) is 17.9. The monoisotopic (exact) mass is 1360 g/mol. The summed E-state index contributed by atoms with van der Waals surface area (Å²) in [6, 6.07) is 13.9. The van der Waals surface area contributed by atoms with Gasteiger partial charge in [-0.05, 0) is 75.3 Å². The van der Waals surface area contributed by atoms with Crippen molar-refractivity contribution in [1.82, 2.24) is 60.1 Å². The number of rotatable bonds is 36. The fourth-order valence-electron chi connectivity index (χ4n) is 12.0. The molecule has 7 amide bonds. The van der Waals surface area contributed by atoms with Crippen molar-refractivity contribution in [3.63, 3.8) is 0 Å². The Bertz CT molecular complexity index is 3140. The first kappa shape index (κ1) is 75.5. The van der Waals surface area contributed by atoms with Crippen LogP contribution < -0.4 is 20.7 Å². The van der Waals surface area contributed by atoms with E-state index in [9.17, 15) is 61.8 Å². The summed E-state index contributed by atoms with van der Waals surface area (Å²) < 4.78 is 44.1. The molecule has 3 atom stereocenters. The number of aromatic nitrogens is 1. The fraction of sp³-hybridized carbons (Fsp3) is 0.597. The fourth-order valence-corrected chi connectivity index (χ4v) is 13.4. The van der Waals surface area contributed by atoms with E-state index in [0.29, 0.717) is 154 Å². The largest absolute Gasteiger partial charge is 0.494 e. The number of halogens is 2. The number of pyridine rings is 1. The zero-order valence-corrected chi connectivity index (χ0v) is 55.7. The molecule has 1 aromatic heterocycles. The Balaban J connectivity index is 0.851. The third kappa shape index (κ3) is 25.3. The molecular weight excluding hydrogens is 1270 g/mol. The van der Waals surface area contributed by atoms with Gasteiger partial charge in [-0.2, -0.15) is 0 Å². The number of carboxylic acids is 1. The molecule has 96 heavy (non-hydrogen) atoms. The SMILES string of the molecule is C#C[C@H]1CC(F)(F)CN1C(=O)CNC(=O)c1ccnc2ccc(OCCCN3CCN(C(=O)CCCN4C(=O)CC(SC(CCCCCNC(=O)CCCc5ccc(C)cc5)CNC(=O)CN5CCN(COC=O)CCN(COC=O)CCN(CC(=O)O)CC5)C4=O)CC3)cc12. The van der Waals surface area contributed by atoms with Crippen LogP contribution >= 0.6 is 11.8 Å². The van der Waals surface area contributed by atoms with Crippen molar-refractivity contribution in [3.8, 4) is 18.1 Å². The minimum Gasteiger partial charge on any atom is -0.494 e. The van der Waals surface area contributed by atoms with Gasteiger partial charge in [0, 0.05) is 147 Å². The van der Waals surface area contributed by atoms with Crippen LogP contribution in [0.1, 0.15) is 92.1 Å². The number of terminal acetylenes is 1. The van der Waals surface area contributed by atoms with E-state index in [1.54, 1.807) is 28.0 Å². The summed E-state index contributed by atoms with van der Waals surface area (Å²) in [5.41, 5.74) is 3.11. The van der Waals surface area contributed by atoms with Crippen molar-refractivity contribution in [3.05, 3.63) is 71.4 Å². The number of unbranched alkanes of at least 4 members (excludes halogenated alkanes) is 2. The molecule has 7 rings (SSSR count). The maximum Gasteiger partial charge on any atom is 0.317 e. The van der Waals surface area contributed by atoms with Gasteiger partial charge in [0.1, 0.15) is 19.2 Å². The second kappa shape index (κ2) is 39.4. The number of hydrogen-bond donors (Lipinski definition) is 4. The Kier molecular flexibility index (Phi) is 31.0. The standard InChI is InChI=1S/C67H92F2N12O14S/c1-3-52-40-67(68,69)45-81(52)63(88)42-73-65(91)55-20-22-70-57-19-18-53(38-56(55)57)95-37-9-23-74-33-35-79(36-34-74)61(86)13-8-24-80-62(87)39-58(66(80)92)96-54(11-5-4-6-21-71-59(84)12-7-10-51-16-14-50(2)15-17-51)41-72-60(85)43-75-25-26-76(44-64(89)90)28-30-78(47-94-49-83)32-31-77(29-27-75)46-93-48-82/h1,14-20,22,38,48-49,52,54,58H,4-13,21,23-37,39-47H2,2H3,(H,71,84)(H,72,85)(H,73,91)(H,89,90)/t52-,54?,58?/m0/s1. The molecule has 4 N–H and O–H groups in total. The molecule has 29 heteroatoms. The lowest BCUT2D eigenvalue weighted by Crippen LogP contribution is -2.49. The van der Waals surface area contributed by atoms with E-state index in [-0.39, 0.29) is 92.8 Å². The van der Waals surface area contributed by atoms with Crippen LogP contribution in [0.15, 0.2) is 54.7 Å². The highest BCUT2D eigenvalue weighted by Crippen LogP contribution is 2.33. The number of nitrogens with zero attached hydrogens (tertiary/aromatic N) is 9. The Morgan fingerprint density at radius 3 is 2.08 bits per heavy atom. The number of alkyl halides is 2. The Labute approximate surface area is 563 Å². The number of likely N-dealkylation sites (tertiary alicyclic amines) is 2. The highest BCUT2D eigenvalue weighted by atomic mass is 32.2. The molecular formula is C67H92F2N12O14S. The van der Waals surface area contributed by atoms with Gasteiger partial charge in [0.05, 0.1) is 55.2 Å². The highest BCUT2D eigenvalue weighted by molar-refractivity contribution is 8.01. The van der Waals surface area contributed by atoms with Crippen molar-refractivity contribution >= 4 is 82.9 Å². The molecule has 4 aliphatic rings. The molecule has 4 fully saturated rings. The number of piperazine rings is 1. The molecule has 0 bridgehead atoms. The molecule has 524 valence electrons. The maximum absolute atomic E-state index is 14.0. The number of carbonyl (C=O) groups excluding carboxylic acids is 9. The zero-order chi connectivity index (χ0) is 68.8. The Hall–Kier alpha value is -7.88. The van der Waals surface area contributed by atoms with E-state index >= 15 is 0 Å². The molecule has 0 aliphatic carbocycles. The number of thioether (sulfide) groups is 1. The molecule has 0 spiro atoms. The van der Waals surface area contributed by atoms with Crippen molar-refractivity contribution in [2.24, 2.45) is 0 Å². The van der Waals surface area contributed by atoms with Gasteiger partial charge in [-0.15, -0.1) is 18.2 Å². The first-order chi connectivity index (χ1) is 46.3. The summed E-state index contributed by atoms with van der Waals surface area (Å²) in [4.78, 5) is 146. The number of amides is 7. The molecule has 0 radical (unpaired) electrons. The second-order valence-electron chi connectivity index (χ2n) is 24.7. The Morgan fingerprint density at radius 1 is 0.750 bits per heavy atom. The van der Waals surface area contributed by atoms with Crippen LogP contribution in [0.5, 0.6) is 5.75 Å². The van der Waals surface area contributed by atoms with Gasteiger partial charge in [0.15, 0.2) is 0 Å². The number of aryl methyl sites for hydroxylation is 2. The number of benzene rings is 2. The van der Waals surface area contributed by atoms with Gasteiger partial charge in [-0.3, -0.25) is 82.3 Å². The molecule has 5 heterocycles. The number of nitrogens with one attached hydrogen (secondary N) is 3. The predicted molar refractivity (Wildman–Crippen MR) is 353 cm³/mol. The lowest BCUT2D eigenvalue weighted by molar-refractivity contribution is -0.140. The molecule has 4 aliphatic heterocycles. The molecule has 4 saturated heterocycles. The normalized spacial score (nSPS) is 19.0. The molecule has 26 nitrogen and oxygen atoms in total. The molecule has 2 aromatic carbocycles. The number of aliphatic carboxylic acids is 1. The van der Waals surface area contributed by atoms with E-state index in [0.717, 1.165) is 37.0 Å². The smallest absolute Gasteiger partial charge is 0.317 e. The van der Waals surface area contributed by atoms with Crippen molar-refractivity contribution in [1.29, 1.82) is 0 Å². The Morgan fingerprint density at radius 2 is 1.42 bits per heavy atom. The summed E-state index contributed by atoms with van der Waals surface area (Å²) >= 11 is 1.36. The third-order valence-electron chi connectivity index (χ3n) is 17.4. The predicted octanol–water partition coefficient (Wildman–Crippen LogP) is 2.45. The second-order valence-corrected chi connectivity index (χ2v) is 26.2. The summed E-state index contributed by atoms with van der Waals surface area (Å²) in [7, 11) is 0. The van der Waals surface area contributed by atoms with Crippen molar-refractivity contribution in [2.75, 3.05) is 151 Å². The van der Waals surface area contributed by atoms with E-state index in [1.165, 1.54) is 40.1 Å². The summed E-state index contributed by atoms with van der Waals surface area (Å²) in [6.07, 6.45) is 12.1. The summed E-state index contributed by atoms with van der Waals surface area (Å²) in [6.45, 7) is 8.20. The number of ether oxygens (including phenoxy) is 3. The summed E-state index contributed by atoms with van der Waals surface area (Å²) in [5.74, 6) is -3.73. The zero-order valence-electron chi connectivity index (χ0n) is 54.9. The van der Waals surface area contributed by atoms with Gasteiger partial charge < -0.3 is 45.1 Å². The van der Waals surface area contributed by atoms with Crippen molar-refractivity contribution < 1.29 is 76.0 Å². The topological polar surface area (TPSA) is 294 Å². The van der Waals surface area contributed by atoms with Gasteiger partial charge in [0.2, 0.25) is 35.4 Å². The number of imide groups is 1. The number of hydrogen-bond acceptors (Lipinski definition) is 20. The van der Waals surface area contributed by atoms with Crippen LogP contribution in [0.4, 0.5) is 8.78 Å². The lowest BCUT2D eigenvalue weighted by atomic mass is 10.1. The average Bonchev–Trinajstić information content (AvgIpc) is 1.40. The van der Waals surface area contributed by atoms with Gasteiger partial charge in [-0.25, -0.2) is 8.78 Å².